The van der Waals surface area contributed by atoms with Gasteiger partial charge in [-0.25, -0.2) is 0 Å². The molecule has 3 nitrogen and oxygen atoms in total. The van der Waals surface area contributed by atoms with Crippen LogP contribution in [0, 0.1) is 0 Å². The summed E-state index contributed by atoms with van der Waals surface area (Å²) in [5.41, 5.74) is 2.30. The number of aliphatic carboxylic acids is 1. The summed E-state index contributed by atoms with van der Waals surface area (Å²) in [7, 11) is 0. The zero-order valence-electron chi connectivity index (χ0n) is 8.99. The summed E-state index contributed by atoms with van der Waals surface area (Å²) in [6.07, 6.45) is 0.806. The topological polar surface area (TPSA) is 49.3 Å². The zero-order valence-corrected chi connectivity index (χ0v) is 8.99. The fourth-order valence-electron chi connectivity index (χ4n) is 1.42. The van der Waals surface area contributed by atoms with Crippen LogP contribution in [-0.2, 0) is 17.8 Å². The van der Waals surface area contributed by atoms with Crippen molar-refractivity contribution >= 4 is 5.97 Å². The van der Waals surface area contributed by atoms with Crippen LogP contribution in [0.25, 0.3) is 0 Å². The van der Waals surface area contributed by atoms with Crippen LogP contribution in [0.3, 0.4) is 0 Å². The molecule has 15 heavy (non-hydrogen) atoms. The van der Waals surface area contributed by atoms with Crippen LogP contribution in [0.5, 0.6) is 0 Å². The minimum atomic E-state index is -0.743. The van der Waals surface area contributed by atoms with E-state index in [-0.39, 0.29) is 6.42 Å². The first kappa shape index (κ1) is 11.7. The molecule has 2 N–H and O–H groups in total. The summed E-state index contributed by atoms with van der Waals surface area (Å²) in [6.45, 7) is 3.85. The largest absolute Gasteiger partial charge is 0.481 e. The third-order valence-corrected chi connectivity index (χ3v) is 2.20. The molecule has 0 saturated heterocycles. The molecule has 0 saturated carbocycles. The Hall–Kier alpha value is -1.35. The lowest BCUT2D eigenvalue weighted by atomic mass is 10.1. The molecule has 1 aromatic carbocycles. The monoisotopic (exact) mass is 207 g/mol. The predicted octanol–water partition coefficient (Wildman–Crippen LogP) is 1.81. The maximum Gasteiger partial charge on any atom is 0.303 e. The van der Waals surface area contributed by atoms with Gasteiger partial charge >= 0.3 is 5.97 Å². The summed E-state index contributed by atoms with van der Waals surface area (Å²) in [4.78, 5) is 10.4. The number of rotatable bonds is 6. The highest BCUT2D eigenvalue weighted by Crippen LogP contribution is 2.07. The standard InChI is InChI=1S/C12H17NO2/c1-2-13-9-11-5-3-4-10(8-11)6-7-12(14)15/h3-5,8,13H,2,6-7,9H2,1H3,(H,14,15). The van der Waals surface area contributed by atoms with Gasteiger partial charge < -0.3 is 10.4 Å². The van der Waals surface area contributed by atoms with Gasteiger partial charge in [-0.05, 0) is 24.1 Å². The molecule has 82 valence electrons. The first-order valence-corrected chi connectivity index (χ1v) is 5.22. The first-order valence-electron chi connectivity index (χ1n) is 5.22. The van der Waals surface area contributed by atoms with Crippen molar-refractivity contribution in [3.8, 4) is 0 Å². The lowest BCUT2D eigenvalue weighted by Gasteiger charge is -2.04. The van der Waals surface area contributed by atoms with E-state index in [1.807, 2.05) is 18.2 Å². The highest BCUT2D eigenvalue weighted by molar-refractivity contribution is 5.67. The number of benzene rings is 1. The van der Waals surface area contributed by atoms with Crippen molar-refractivity contribution in [3.63, 3.8) is 0 Å². The van der Waals surface area contributed by atoms with Crippen molar-refractivity contribution in [1.82, 2.24) is 5.32 Å². The molecule has 0 heterocycles. The van der Waals surface area contributed by atoms with Gasteiger partial charge in [-0.15, -0.1) is 0 Å². The second-order valence-electron chi connectivity index (χ2n) is 3.49. The Bertz CT molecular complexity index is 323. The Morgan fingerprint density at radius 1 is 1.40 bits per heavy atom. The van der Waals surface area contributed by atoms with Crippen molar-refractivity contribution in [2.45, 2.75) is 26.3 Å². The van der Waals surface area contributed by atoms with E-state index in [1.165, 1.54) is 5.56 Å². The molecule has 0 atom stereocenters. The third-order valence-electron chi connectivity index (χ3n) is 2.20. The summed E-state index contributed by atoms with van der Waals surface area (Å²) in [5.74, 6) is -0.743. The van der Waals surface area contributed by atoms with Crippen molar-refractivity contribution in [2.75, 3.05) is 6.54 Å². The predicted molar refractivity (Wildman–Crippen MR) is 59.8 cm³/mol. The van der Waals surface area contributed by atoms with Crippen molar-refractivity contribution < 1.29 is 9.90 Å². The van der Waals surface area contributed by atoms with Gasteiger partial charge in [0, 0.05) is 13.0 Å². The lowest BCUT2D eigenvalue weighted by molar-refractivity contribution is -0.136. The zero-order chi connectivity index (χ0) is 11.1. The number of hydrogen-bond donors (Lipinski definition) is 2. The first-order chi connectivity index (χ1) is 7.22. The molecule has 0 bridgehead atoms. The van der Waals surface area contributed by atoms with E-state index >= 15 is 0 Å². The molecule has 0 aromatic heterocycles. The van der Waals surface area contributed by atoms with Crippen molar-refractivity contribution in [3.05, 3.63) is 35.4 Å². The van der Waals surface area contributed by atoms with E-state index in [4.69, 9.17) is 5.11 Å². The maximum atomic E-state index is 10.4. The van der Waals surface area contributed by atoms with Crippen LogP contribution in [0.1, 0.15) is 24.5 Å². The molecule has 1 aromatic rings. The average Bonchev–Trinajstić information content (AvgIpc) is 2.24. The van der Waals surface area contributed by atoms with Crippen LogP contribution in [-0.4, -0.2) is 17.6 Å². The smallest absolute Gasteiger partial charge is 0.303 e. The van der Waals surface area contributed by atoms with Gasteiger partial charge in [-0.3, -0.25) is 4.79 Å². The molecule has 1 rings (SSSR count). The summed E-state index contributed by atoms with van der Waals surface area (Å²) in [6, 6.07) is 8.06. The summed E-state index contributed by atoms with van der Waals surface area (Å²) >= 11 is 0. The van der Waals surface area contributed by atoms with E-state index in [9.17, 15) is 4.79 Å². The number of carbonyl (C=O) groups is 1. The molecular formula is C12H17NO2. The number of aryl methyl sites for hydroxylation is 1. The van der Waals surface area contributed by atoms with Gasteiger partial charge in [0.15, 0.2) is 0 Å². The molecule has 0 radical (unpaired) electrons. The van der Waals surface area contributed by atoms with Gasteiger partial charge in [0.05, 0.1) is 0 Å². The van der Waals surface area contributed by atoms with Gasteiger partial charge in [-0.1, -0.05) is 31.2 Å². The molecule has 0 aliphatic rings. The molecule has 0 aliphatic carbocycles. The Morgan fingerprint density at radius 2 is 2.13 bits per heavy atom. The van der Waals surface area contributed by atoms with Crippen LogP contribution in [0.4, 0.5) is 0 Å². The van der Waals surface area contributed by atoms with Crippen LogP contribution in [0.2, 0.25) is 0 Å². The van der Waals surface area contributed by atoms with E-state index in [0.717, 1.165) is 18.7 Å². The Kier molecular flexibility index (Phi) is 4.84. The minimum Gasteiger partial charge on any atom is -0.481 e. The molecule has 0 unspecified atom stereocenters. The molecule has 0 aliphatic heterocycles. The van der Waals surface area contributed by atoms with E-state index in [1.54, 1.807) is 0 Å². The Balaban J connectivity index is 2.53. The molecular weight excluding hydrogens is 190 g/mol. The fourth-order valence-corrected chi connectivity index (χ4v) is 1.42. The quantitative estimate of drug-likeness (QED) is 0.748. The number of carboxylic acid groups (broad SMARTS) is 1. The molecule has 0 spiro atoms. The maximum absolute atomic E-state index is 10.4. The van der Waals surface area contributed by atoms with Gasteiger partial charge in [0.25, 0.3) is 0 Å². The van der Waals surface area contributed by atoms with Crippen molar-refractivity contribution in [2.24, 2.45) is 0 Å². The minimum absolute atomic E-state index is 0.199. The number of nitrogens with one attached hydrogen (secondary N) is 1. The Morgan fingerprint density at radius 3 is 2.80 bits per heavy atom. The SMILES string of the molecule is CCNCc1cccc(CCC(=O)O)c1. The second-order valence-corrected chi connectivity index (χ2v) is 3.49. The average molecular weight is 207 g/mol. The molecule has 3 heteroatoms. The second kappa shape index (κ2) is 6.19. The number of hydrogen-bond acceptors (Lipinski definition) is 2. The number of carboxylic acids is 1. The van der Waals surface area contributed by atoms with Gasteiger partial charge in [0.2, 0.25) is 0 Å². The highest BCUT2D eigenvalue weighted by atomic mass is 16.4. The van der Waals surface area contributed by atoms with Crippen LogP contribution >= 0.6 is 0 Å². The normalized spacial score (nSPS) is 10.2. The third kappa shape index (κ3) is 4.61. The van der Waals surface area contributed by atoms with Gasteiger partial charge in [-0.2, -0.15) is 0 Å². The van der Waals surface area contributed by atoms with E-state index in [0.29, 0.717) is 6.42 Å². The van der Waals surface area contributed by atoms with Crippen LogP contribution in [0.15, 0.2) is 24.3 Å². The fraction of sp³-hybridized carbons (Fsp3) is 0.417. The molecule has 0 fully saturated rings. The summed E-state index contributed by atoms with van der Waals surface area (Å²) in [5, 5.41) is 11.8. The van der Waals surface area contributed by atoms with E-state index < -0.39 is 5.97 Å². The Labute approximate surface area is 90.1 Å². The van der Waals surface area contributed by atoms with Gasteiger partial charge in [0.1, 0.15) is 0 Å². The summed E-state index contributed by atoms with van der Waals surface area (Å²) < 4.78 is 0. The van der Waals surface area contributed by atoms with Crippen LogP contribution < -0.4 is 5.32 Å². The lowest BCUT2D eigenvalue weighted by Crippen LogP contribution is -2.11. The molecule has 0 amide bonds. The highest BCUT2D eigenvalue weighted by Gasteiger charge is 1.99. The van der Waals surface area contributed by atoms with E-state index in [2.05, 4.69) is 18.3 Å². The van der Waals surface area contributed by atoms with Crippen molar-refractivity contribution in [1.29, 1.82) is 0 Å².